The Bertz CT molecular complexity index is 381. The van der Waals surface area contributed by atoms with Crippen LogP contribution in [0.1, 0.15) is 25.7 Å². The molecule has 0 fully saturated rings. The van der Waals surface area contributed by atoms with Crippen LogP contribution in [0.5, 0.6) is 0 Å². The number of carbonyl (C=O) groups excluding carboxylic acids is 2. The van der Waals surface area contributed by atoms with Crippen LogP contribution in [-0.4, -0.2) is 17.9 Å². The van der Waals surface area contributed by atoms with E-state index in [1.807, 2.05) is 0 Å². The summed E-state index contributed by atoms with van der Waals surface area (Å²) in [6, 6.07) is 0. The van der Waals surface area contributed by atoms with Crippen LogP contribution in [0.4, 0.5) is 13.2 Å². The van der Waals surface area contributed by atoms with Crippen LogP contribution in [0.2, 0.25) is 0 Å². The minimum absolute atomic E-state index is 0.0742. The molecule has 0 saturated heterocycles. The van der Waals surface area contributed by atoms with Gasteiger partial charge in [0, 0.05) is 18.4 Å². The first-order valence-electron chi connectivity index (χ1n) is 4.93. The van der Waals surface area contributed by atoms with E-state index in [4.69, 9.17) is 4.74 Å². The number of hydrogen-bond donors (Lipinski definition) is 0. The number of hydrogen-bond acceptors (Lipinski definition) is 3. The maximum atomic E-state index is 12.7. The Morgan fingerprint density at radius 3 is 2.50 bits per heavy atom. The van der Waals surface area contributed by atoms with E-state index in [1.165, 1.54) is 0 Å². The molecule has 0 bridgehead atoms. The van der Waals surface area contributed by atoms with E-state index < -0.39 is 30.3 Å². The topological polar surface area (TPSA) is 43.4 Å². The SMILES string of the molecule is O=C1CC(C(F)(F)F)C2=C(CCCC2=O)O1. The summed E-state index contributed by atoms with van der Waals surface area (Å²) in [5.74, 6) is -3.50. The molecular formula is C10H9F3O3. The van der Waals surface area contributed by atoms with Crippen molar-refractivity contribution < 1.29 is 27.5 Å². The zero-order valence-corrected chi connectivity index (χ0v) is 8.26. The molecule has 0 radical (unpaired) electrons. The maximum absolute atomic E-state index is 12.7. The molecule has 1 unspecified atom stereocenters. The highest BCUT2D eigenvalue weighted by Crippen LogP contribution is 2.42. The number of rotatable bonds is 0. The first-order valence-corrected chi connectivity index (χ1v) is 4.93. The van der Waals surface area contributed by atoms with Gasteiger partial charge in [-0.2, -0.15) is 13.2 Å². The zero-order valence-electron chi connectivity index (χ0n) is 8.26. The molecule has 0 aromatic rings. The lowest BCUT2D eigenvalue weighted by atomic mass is 9.83. The summed E-state index contributed by atoms with van der Waals surface area (Å²) in [5, 5.41) is 0. The van der Waals surface area contributed by atoms with Gasteiger partial charge in [-0.05, 0) is 6.42 Å². The molecule has 2 aliphatic rings. The van der Waals surface area contributed by atoms with Crippen LogP contribution >= 0.6 is 0 Å². The van der Waals surface area contributed by atoms with Crippen LogP contribution in [0.15, 0.2) is 11.3 Å². The molecule has 1 heterocycles. The summed E-state index contributed by atoms with van der Waals surface area (Å²) in [6.45, 7) is 0. The molecule has 16 heavy (non-hydrogen) atoms. The fraction of sp³-hybridized carbons (Fsp3) is 0.600. The molecule has 3 nitrogen and oxygen atoms in total. The first kappa shape index (κ1) is 11.2. The van der Waals surface area contributed by atoms with Crippen LogP contribution in [-0.2, 0) is 14.3 Å². The van der Waals surface area contributed by atoms with E-state index in [9.17, 15) is 22.8 Å². The third-order valence-electron chi connectivity index (χ3n) is 2.76. The van der Waals surface area contributed by atoms with E-state index in [2.05, 4.69) is 0 Å². The number of ether oxygens (including phenoxy) is 1. The lowest BCUT2D eigenvalue weighted by Gasteiger charge is -2.30. The van der Waals surface area contributed by atoms with Gasteiger partial charge in [0.1, 0.15) is 5.76 Å². The van der Waals surface area contributed by atoms with Gasteiger partial charge in [0.15, 0.2) is 5.78 Å². The van der Waals surface area contributed by atoms with Gasteiger partial charge in [-0.25, -0.2) is 0 Å². The number of halogens is 3. The van der Waals surface area contributed by atoms with E-state index >= 15 is 0 Å². The van der Waals surface area contributed by atoms with Gasteiger partial charge >= 0.3 is 12.1 Å². The summed E-state index contributed by atoms with van der Waals surface area (Å²) in [5.41, 5.74) is -0.335. The number of esters is 1. The van der Waals surface area contributed by atoms with Crippen LogP contribution in [0, 0.1) is 5.92 Å². The Morgan fingerprint density at radius 2 is 1.88 bits per heavy atom. The summed E-state index contributed by atoms with van der Waals surface area (Å²) >= 11 is 0. The van der Waals surface area contributed by atoms with E-state index in [0.717, 1.165) is 0 Å². The highest BCUT2D eigenvalue weighted by Gasteiger charge is 2.50. The second kappa shape index (κ2) is 3.61. The second-order valence-corrected chi connectivity index (χ2v) is 3.89. The largest absolute Gasteiger partial charge is 0.431 e. The highest BCUT2D eigenvalue weighted by atomic mass is 19.4. The number of Topliss-reactive ketones (excluding diaryl/α,β-unsaturated/α-hetero) is 1. The third-order valence-corrected chi connectivity index (χ3v) is 2.76. The van der Waals surface area contributed by atoms with Crippen LogP contribution in [0.25, 0.3) is 0 Å². The zero-order chi connectivity index (χ0) is 11.9. The molecule has 0 N–H and O–H groups in total. The predicted molar refractivity (Wildman–Crippen MR) is 46.1 cm³/mol. The van der Waals surface area contributed by atoms with Crippen LogP contribution in [0.3, 0.4) is 0 Å². The Balaban J connectivity index is 2.44. The molecule has 0 aromatic heterocycles. The van der Waals surface area contributed by atoms with E-state index in [1.54, 1.807) is 0 Å². The monoisotopic (exact) mass is 234 g/mol. The van der Waals surface area contributed by atoms with Crippen molar-refractivity contribution in [3.05, 3.63) is 11.3 Å². The molecule has 1 atom stereocenters. The minimum Gasteiger partial charge on any atom is -0.431 e. The first-order chi connectivity index (χ1) is 7.39. The van der Waals surface area contributed by atoms with Crippen molar-refractivity contribution in [2.24, 2.45) is 5.92 Å². The molecule has 1 aliphatic carbocycles. The average molecular weight is 234 g/mol. The highest BCUT2D eigenvalue weighted by molar-refractivity contribution is 5.99. The van der Waals surface area contributed by atoms with Crippen molar-refractivity contribution in [2.75, 3.05) is 0 Å². The second-order valence-electron chi connectivity index (χ2n) is 3.89. The normalized spacial score (nSPS) is 26.6. The van der Waals surface area contributed by atoms with Crippen molar-refractivity contribution in [2.45, 2.75) is 31.9 Å². The van der Waals surface area contributed by atoms with Gasteiger partial charge in [-0.1, -0.05) is 0 Å². The fourth-order valence-corrected chi connectivity index (χ4v) is 2.06. The van der Waals surface area contributed by atoms with E-state index in [-0.39, 0.29) is 24.2 Å². The quantitative estimate of drug-likeness (QED) is 0.603. The van der Waals surface area contributed by atoms with Gasteiger partial charge in [0.2, 0.25) is 0 Å². The Morgan fingerprint density at radius 1 is 1.19 bits per heavy atom. The Hall–Kier alpha value is -1.33. The summed E-state index contributed by atoms with van der Waals surface area (Å²) in [7, 11) is 0. The Labute approximate surface area is 89.3 Å². The lowest BCUT2D eigenvalue weighted by Crippen LogP contribution is -2.37. The molecule has 0 spiro atoms. The lowest BCUT2D eigenvalue weighted by molar-refractivity contribution is -0.181. The van der Waals surface area contributed by atoms with Crippen molar-refractivity contribution in [3.8, 4) is 0 Å². The smallest absolute Gasteiger partial charge is 0.396 e. The van der Waals surface area contributed by atoms with Crippen molar-refractivity contribution in [1.82, 2.24) is 0 Å². The van der Waals surface area contributed by atoms with Gasteiger partial charge in [0.05, 0.1) is 12.3 Å². The molecule has 0 amide bonds. The molecule has 88 valence electrons. The maximum Gasteiger partial charge on any atom is 0.396 e. The van der Waals surface area contributed by atoms with E-state index in [0.29, 0.717) is 6.42 Å². The molecule has 1 aliphatic heterocycles. The number of ketones is 1. The van der Waals surface area contributed by atoms with Crippen molar-refractivity contribution in [3.63, 3.8) is 0 Å². The molecule has 0 saturated carbocycles. The van der Waals surface area contributed by atoms with Crippen molar-refractivity contribution >= 4 is 11.8 Å². The minimum atomic E-state index is -4.56. The fourth-order valence-electron chi connectivity index (χ4n) is 2.06. The third kappa shape index (κ3) is 1.83. The molecule has 0 aromatic carbocycles. The molecular weight excluding hydrogens is 225 g/mol. The predicted octanol–water partition coefficient (Wildman–Crippen LogP) is 2.12. The van der Waals surface area contributed by atoms with Crippen LogP contribution < -0.4 is 0 Å². The van der Waals surface area contributed by atoms with Gasteiger partial charge < -0.3 is 4.74 Å². The summed E-state index contributed by atoms with van der Waals surface area (Å²) in [4.78, 5) is 22.5. The summed E-state index contributed by atoms with van der Waals surface area (Å²) < 4.78 is 42.7. The number of allylic oxidation sites excluding steroid dienone is 2. The molecule has 6 heteroatoms. The van der Waals surface area contributed by atoms with Gasteiger partial charge in [-0.3, -0.25) is 9.59 Å². The molecule has 2 rings (SSSR count). The Kier molecular flexibility index (Phi) is 2.52. The average Bonchev–Trinajstić information content (AvgIpc) is 2.15. The number of alkyl halides is 3. The standard InChI is InChI=1S/C10H9F3O3/c11-10(12,13)5-4-8(15)16-7-3-1-2-6(14)9(5)7/h5H,1-4H2. The van der Waals surface area contributed by atoms with Gasteiger partial charge in [-0.15, -0.1) is 0 Å². The van der Waals surface area contributed by atoms with Gasteiger partial charge in [0.25, 0.3) is 0 Å². The van der Waals surface area contributed by atoms with Crippen molar-refractivity contribution in [1.29, 1.82) is 0 Å². The summed E-state index contributed by atoms with van der Waals surface area (Å²) in [6.07, 6.45) is -4.57. The number of carbonyl (C=O) groups is 2.